The maximum absolute atomic E-state index is 12.9. The van der Waals surface area contributed by atoms with Gasteiger partial charge in [-0.3, -0.25) is 14.4 Å². The maximum atomic E-state index is 12.9. The van der Waals surface area contributed by atoms with Gasteiger partial charge in [-0.05, 0) is 89.9 Å². The zero-order chi connectivity index (χ0) is 55.7. The second kappa shape index (κ2) is 65.1. The highest BCUT2D eigenvalue weighted by atomic mass is 16.6. The summed E-state index contributed by atoms with van der Waals surface area (Å²) in [6.07, 6.45) is 86.1. The summed E-state index contributed by atoms with van der Waals surface area (Å²) in [5.41, 5.74) is 0. The number of hydrogen-bond acceptors (Lipinski definition) is 6. The topological polar surface area (TPSA) is 78.9 Å². The Labute approximate surface area is 477 Å². The highest BCUT2D eigenvalue weighted by Crippen LogP contribution is 2.17. The van der Waals surface area contributed by atoms with Crippen LogP contribution in [0.2, 0.25) is 0 Å². The van der Waals surface area contributed by atoms with Crippen LogP contribution in [0.15, 0.2) is 85.1 Å². The fourth-order valence-electron chi connectivity index (χ4n) is 9.43. The number of allylic oxidation sites excluding steroid dienone is 14. The van der Waals surface area contributed by atoms with Crippen molar-refractivity contribution in [2.45, 2.75) is 335 Å². The lowest BCUT2D eigenvalue weighted by molar-refractivity contribution is -0.167. The molecule has 0 aliphatic rings. The fourth-order valence-corrected chi connectivity index (χ4v) is 9.43. The molecule has 444 valence electrons. The predicted molar refractivity (Wildman–Crippen MR) is 334 cm³/mol. The molecule has 0 spiro atoms. The summed E-state index contributed by atoms with van der Waals surface area (Å²) in [4.78, 5) is 38.2. The molecule has 0 fully saturated rings. The van der Waals surface area contributed by atoms with E-state index in [0.29, 0.717) is 19.3 Å². The van der Waals surface area contributed by atoms with Gasteiger partial charge in [-0.15, -0.1) is 0 Å². The van der Waals surface area contributed by atoms with Gasteiger partial charge in [0.05, 0.1) is 0 Å². The van der Waals surface area contributed by atoms with Gasteiger partial charge in [0.25, 0.3) is 0 Å². The molecule has 1 atom stereocenters. The SMILES string of the molecule is CC/C=C\C/C=C\C/C=C\C/C=C\C/C=C\CCCCCCCCCCCCCCCCCCCC(=O)OCC(COC(=O)CCCCCCCCCCCCCC)OC(=O)CCCCCCC/C=C\C/C=C\CCCC. The molecule has 0 saturated heterocycles. The molecule has 0 aromatic rings. The number of carbonyl (C=O) groups is 3. The van der Waals surface area contributed by atoms with Gasteiger partial charge in [0.2, 0.25) is 0 Å². The van der Waals surface area contributed by atoms with Crippen LogP contribution < -0.4 is 0 Å². The molecule has 0 amide bonds. The van der Waals surface area contributed by atoms with Crippen LogP contribution in [0.3, 0.4) is 0 Å². The number of rotatable bonds is 60. The van der Waals surface area contributed by atoms with Crippen LogP contribution in [0.25, 0.3) is 0 Å². The summed E-state index contributed by atoms with van der Waals surface area (Å²) in [7, 11) is 0. The Kier molecular flexibility index (Phi) is 62.2. The smallest absolute Gasteiger partial charge is 0.306 e. The van der Waals surface area contributed by atoms with Crippen molar-refractivity contribution in [1.82, 2.24) is 0 Å². The number of hydrogen-bond donors (Lipinski definition) is 0. The summed E-state index contributed by atoms with van der Waals surface area (Å²) in [6.45, 7) is 6.50. The molecular formula is C71H124O6. The maximum Gasteiger partial charge on any atom is 0.306 e. The van der Waals surface area contributed by atoms with Crippen molar-refractivity contribution in [3.8, 4) is 0 Å². The van der Waals surface area contributed by atoms with Gasteiger partial charge in [0.15, 0.2) is 6.10 Å². The quantitative estimate of drug-likeness (QED) is 0.0261. The van der Waals surface area contributed by atoms with E-state index in [2.05, 4.69) is 106 Å². The number of ether oxygens (including phenoxy) is 3. The molecule has 0 bridgehead atoms. The van der Waals surface area contributed by atoms with Crippen molar-refractivity contribution in [3.05, 3.63) is 85.1 Å². The molecule has 0 heterocycles. The van der Waals surface area contributed by atoms with Crippen molar-refractivity contribution in [1.29, 1.82) is 0 Å². The molecule has 0 rings (SSSR count). The second-order valence-corrected chi connectivity index (χ2v) is 22.0. The Morgan fingerprint density at radius 1 is 0.273 bits per heavy atom. The predicted octanol–water partition coefficient (Wildman–Crippen LogP) is 22.7. The molecule has 0 aliphatic heterocycles. The van der Waals surface area contributed by atoms with E-state index in [-0.39, 0.29) is 31.1 Å². The second-order valence-electron chi connectivity index (χ2n) is 22.0. The first-order valence-electron chi connectivity index (χ1n) is 33.1. The molecule has 0 aromatic carbocycles. The van der Waals surface area contributed by atoms with Gasteiger partial charge >= 0.3 is 17.9 Å². The normalized spacial score (nSPS) is 12.6. The third-order valence-corrected chi connectivity index (χ3v) is 14.4. The third kappa shape index (κ3) is 63.3. The fraction of sp³-hybridized carbons (Fsp3) is 0.761. The first-order chi connectivity index (χ1) is 38.0. The van der Waals surface area contributed by atoms with E-state index in [1.165, 1.54) is 173 Å². The molecule has 0 aliphatic carbocycles. The number of carbonyl (C=O) groups excluding carboxylic acids is 3. The van der Waals surface area contributed by atoms with Crippen LogP contribution in [0.5, 0.6) is 0 Å². The van der Waals surface area contributed by atoms with Crippen LogP contribution in [-0.2, 0) is 28.6 Å². The molecular weight excluding hydrogens is 949 g/mol. The van der Waals surface area contributed by atoms with Gasteiger partial charge in [-0.25, -0.2) is 0 Å². The minimum atomic E-state index is -0.780. The number of unbranched alkanes of at least 4 members (excludes halogenated alkanes) is 35. The van der Waals surface area contributed by atoms with E-state index in [9.17, 15) is 14.4 Å². The van der Waals surface area contributed by atoms with Crippen LogP contribution in [0.4, 0.5) is 0 Å². The Hall–Kier alpha value is -3.41. The van der Waals surface area contributed by atoms with Crippen LogP contribution >= 0.6 is 0 Å². The van der Waals surface area contributed by atoms with Crippen molar-refractivity contribution in [2.75, 3.05) is 13.2 Å². The van der Waals surface area contributed by atoms with Gasteiger partial charge < -0.3 is 14.2 Å². The van der Waals surface area contributed by atoms with Crippen LogP contribution in [0.1, 0.15) is 329 Å². The zero-order valence-corrected chi connectivity index (χ0v) is 51.0. The molecule has 1 unspecified atom stereocenters. The molecule has 0 aromatic heterocycles. The van der Waals surface area contributed by atoms with Gasteiger partial charge in [-0.1, -0.05) is 305 Å². The summed E-state index contributed by atoms with van der Waals surface area (Å²) in [5.74, 6) is -0.876. The minimum Gasteiger partial charge on any atom is -0.462 e. The average molecular weight is 1070 g/mol. The van der Waals surface area contributed by atoms with Crippen LogP contribution in [-0.4, -0.2) is 37.2 Å². The monoisotopic (exact) mass is 1070 g/mol. The zero-order valence-electron chi connectivity index (χ0n) is 51.0. The van der Waals surface area contributed by atoms with E-state index in [4.69, 9.17) is 14.2 Å². The molecule has 77 heavy (non-hydrogen) atoms. The molecule has 0 N–H and O–H groups in total. The van der Waals surface area contributed by atoms with E-state index in [1.54, 1.807) is 0 Å². The van der Waals surface area contributed by atoms with Gasteiger partial charge in [0.1, 0.15) is 13.2 Å². The van der Waals surface area contributed by atoms with Crippen LogP contribution in [0, 0.1) is 0 Å². The largest absolute Gasteiger partial charge is 0.462 e. The standard InChI is InChI=1S/C71H124O6/c1-4-7-10-13-16-19-22-25-27-28-29-30-31-32-33-34-35-36-37-38-39-40-41-42-43-44-45-47-49-52-55-58-61-64-70(73)76-67-68(66-75-69(72)63-60-57-54-51-48-24-21-18-15-12-9-6-3)77-71(74)65-62-59-56-53-50-46-26-23-20-17-14-11-8-5-2/h7,10,14,16-17,19,23,25-27,29-30,32-33,68H,4-6,8-9,11-13,15,18,20-22,24,28,31,34-67H2,1-3H3/b10-7-,17-14-,19-16-,26-23-,27-25-,30-29-,33-32-. The number of esters is 3. The van der Waals surface area contributed by atoms with Crippen molar-refractivity contribution < 1.29 is 28.6 Å². The molecule has 0 saturated carbocycles. The van der Waals surface area contributed by atoms with E-state index in [1.807, 2.05) is 0 Å². The highest BCUT2D eigenvalue weighted by molar-refractivity contribution is 5.71. The lowest BCUT2D eigenvalue weighted by atomic mass is 10.0. The Balaban J connectivity index is 4.12. The third-order valence-electron chi connectivity index (χ3n) is 14.4. The van der Waals surface area contributed by atoms with Crippen molar-refractivity contribution in [2.24, 2.45) is 0 Å². The lowest BCUT2D eigenvalue weighted by Gasteiger charge is -2.18. The summed E-state index contributed by atoms with van der Waals surface area (Å²) in [5, 5.41) is 0. The van der Waals surface area contributed by atoms with Gasteiger partial charge in [-0.2, -0.15) is 0 Å². The summed E-state index contributed by atoms with van der Waals surface area (Å²) < 4.78 is 16.9. The minimum absolute atomic E-state index is 0.0769. The molecule has 0 radical (unpaired) electrons. The molecule has 6 heteroatoms. The summed E-state index contributed by atoms with van der Waals surface area (Å²) >= 11 is 0. The first-order valence-corrected chi connectivity index (χ1v) is 33.1. The van der Waals surface area contributed by atoms with Crippen molar-refractivity contribution in [3.63, 3.8) is 0 Å². The Bertz CT molecular complexity index is 1470. The summed E-state index contributed by atoms with van der Waals surface area (Å²) in [6, 6.07) is 0. The lowest BCUT2D eigenvalue weighted by Crippen LogP contribution is -2.30. The van der Waals surface area contributed by atoms with E-state index >= 15 is 0 Å². The van der Waals surface area contributed by atoms with Gasteiger partial charge in [0, 0.05) is 19.3 Å². The average Bonchev–Trinajstić information content (AvgIpc) is 3.43. The van der Waals surface area contributed by atoms with E-state index in [0.717, 1.165) is 116 Å². The Morgan fingerprint density at radius 2 is 0.519 bits per heavy atom. The first kappa shape index (κ1) is 73.6. The molecule has 6 nitrogen and oxygen atoms in total. The van der Waals surface area contributed by atoms with Crippen molar-refractivity contribution >= 4 is 17.9 Å². The Morgan fingerprint density at radius 3 is 0.831 bits per heavy atom. The van der Waals surface area contributed by atoms with E-state index < -0.39 is 6.10 Å². The highest BCUT2D eigenvalue weighted by Gasteiger charge is 2.19.